The first-order valence-corrected chi connectivity index (χ1v) is 12.6. The van der Waals surface area contributed by atoms with E-state index in [4.69, 9.17) is 17.4 Å². The Balaban J connectivity index is 0.00000342. The van der Waals surface area contributed by atoms with Crippen LogP contribution in [0.5, 0.6) is 0 Å². The van der Waals surface area contributed by atoms with Gasteiger partial charge >= 0.3 is 5.97 Å². The number of rotatable bonds is 10. The maximum atomic E-state index is 14.7. The molecule has 2 unspecified atom stereocenters. The van der Waals surface area contributed by atoms with Gasteiger partial charge in [0.1, 0.15) is 5.82 Å². The minimum absolute atomic E-state index is 0. The lowest BCUT2D eigenvalue weighted by atomic mass is 9.93. The third kappa shape index (κ3) is 7.18. The lowest BCUT2D eigenvalue weighted by Gasteiger charge is -2.37. The number of thiol groups is 1. The second-order valence-electron chi connectivity index (χ2n) is 9.04. The minimum Gasteiger partial charge on any atom is -0.466 e. The topological polar surface area (TPSA) is 64.4 Å². The zero-order chi connectivity index (χ0) is 24.1. The maximum Gasteiger partial charge on any atom is 0.305 e. The number of aryl methyl sites for hydroxylation is 1. The van der Waals surface area contributed by atoms with E-state index in [2.05, 4.69) is 16.1 Å². The van der Waals surface area contributed by atoms with E-state index in [1.807, 2.05) is 10.9 Å². The van der Waals surface area contributed by atoms with Crippen LogP contribution in [-0.2, 0) is 20.9 Å². The van der Waals surface area contributed by atoms with Gasteiger partial charge in [-0.1, -0.05) is 24.3 Å². The molecule has 0 spiro atoms. The number of benzene rings is 1. The molecule has 1 saturated carbocycles. The summed E-state index contributed by atoms with van der Waals surface area (Å²) < 4.78 is 21.5. The Morgan fingerprint density at radius 2 is 2.06 bits per heavy atom. The highest BCUT2D eigenvalue weighted by Crippen LogP contribution is 2.39. The molecule has 1 aromatic carbocycles. The summed E-state index contributed by atoms with van der Waals surface area (Å²) in [5.74, 6) is -0.360. The standard InChI is InChI=1S/C26H32FN3O3S.ClH/c1-2-33-24(31)8-5-12-30-16-18(15-28-30)14-20-17-29(13-11-23(20)34)25(26(32)19-9-10-19)21-6-3-4-7-22(21)27;/h3-4,6-7,14-16,19,23,25,34H,2,5,8-13,17H2,1H3;1H/b20-14-;. The highest BCUT2D eigenvalue weighted by Gasteiger charge is 2.40. The van der Waals surface area contributed by atoms with Crippen LogP contribution in [0.1, 0.15) is 56.2 Å². The Bertz CT molecular complexity index is 1060. The van der Waals surface area contributed by atoms with Crippen LogP contribution in [0.15, 0.2) is 42.2 Å². The van der Waals surface area contributed by atoms with Crippen molar-refractivity contribution in [1.29, 1.82) is 0 Å². The van der Waals surface area contributed by atoms with E-state index in [9.17, 15) is 14.0 Å². The number of hydrogen-bond acceptors (Lipinski definition) is 6. The van der Waals surface area contributed by atoms with Gasteiger partial charge in [-0.3, -0.25) is 19.2 Å². The summed E-state index contributed by atoms with van der Waals surface area (Å²) in [6.07, 6.45) is 9.40. The summed E-state index contributed by atoms with van der Waals surface area (Å²) in [6.45, 7) is 4.07. The van der Waals surface area contributed by atoms with Crippen LogP contribution in [0, 0.1) is 11.7 Å². The van der Waals surface area contributed by atoms with Crippen molar-refractivity contribution in [1.82, 2.24) is 14.7 Å². The average molecular weight is 522 g/mol. The van der Waals surface area contributed by atoms with Gasteiger partial charge in [-0.2, -0.15) is 17.7 Å². The van der Waals surface area contributed by atoms with Crippen molar-refractivity contribution < 1.29 is 18.7 Å². The fourth-order valence-corrected chi connectivity index (χ4v) is 4.75. The van der Waals surface area contributed by atoms with Crippen molar-refractivity contribution in [2.24, 2.45) is 5.92 Å². The Kier molecular flexibility index (Phi) is 9.95. The summed E-state index contributed by atoms with van der Waals surface area (Å²) in [4.78, 5) is 26.8. The lowest BCUT2D eigenvalue weighted by Crippen LogP contribution is -2.42. The van der Waals surface area contributed by atoms with E-state index in [-0.39, 0.29) is 41.1 Å². The Labute approximate surface area is 217 Å². The summed E-state index contributed by atoms with van der Waals surface area (Å²) in [7, 11) is 0. The van der Waals surface area contributed by atoms with Crippen LogP contribution in [0.25, 0.3) is 6.08 Å². The molecule has 0 amide bonds. The summed E-state index contributed by atoms with van der Waals surface area (Å²) in [6, 6.07) is 6.05. The molecule has 1 aliphatic heterocycles. The second kappa shape index (κ2) is 12.7. The lowest BCUT2D eigenvalue weighted by molar-refractivity contribution is -0.143. The molecule has 1 aromatic heterocycles. The molecule has 2 atom stereocenters. The van der Waals surface area contributed by atoms with Gasteiger partial charge in [-0.05, 0) is 44.2 Å². The van der Waals surface area contributed by atoms with E-state index in [1.165, 1.54) is 6.07 Å². The van der Waals surface area contributed by atoms with E-state index >= 15 is 0 Å². The number of carbonyl (C=O) groups is 2. The smallest absolute Gasteiger partial charge is 0.305 e. The number of ether oxygens (including phenoxy) is 1. The number of Topliss-reactive ketones (excluding diaryl/α,β-unsaturated/α-hetero) is 1. The zero-order valence-electron chi connectivity index (χ0n) is 19.9. The van der Waals surface area contributed by atoms with Crippen molar-refractivity contribution >= 4 is 42.9 Å². The van der Waals surface area contributed by atoms with E-state index in [0.29, 0.717) is 44.6 Å². The molecule has 0 radical (unpaired) electrons. The van der Waals surface area contributed by atoms with Gasteiger partial charge in [0.05, 0.1) is 18.8 Å². The molecule has 0 N–H and O–H groups in total. The molecule has 1 saturated heterocycles. The average Bonchev–Trinajstić information content (AvgIpc) is 3.58. The van der Waals surface area contributed by atoms with Gasteiger partial charge in [0.2, 0.25) is 0 Å². The van der Waals surface area contributed by atoms with Gasteiger partial charge in [-0.15, -0.1) is 12.4 Å². The number of halogens is 2. The molecule has 4 rings (SSSR count). The molecule has 2 fully saturated rings. The summed E-state index contributed by atoms with van der Waals surface area (Å²) in [5.41, 5.74) is 2.50. The summed E-state index contributed by atoms with van der Waals surface area (Å²) >= 11 is 4.78. The quantitative estimate of drug-likeness (QED) is 0.356. The number of aromatic nitrogens is 2. The molecule has 2 heterocycles. The largest absolute Gasteiger partial charge is 0.466 e. The third-order valence-corrected chi connectivity index (χ3v) is 6.99. The third-order valence-electron chi connectivity index (χ3n) is 6.40. The maximum absolute atomic E-state index is 14.7. The van der Waals surface area contributed by atoms with Gasteiger partial charge < -0.3 is 4.74 Å². The second-order valence-corrected chi connectivity index (χ2v) is 9.66. The van der Waals surface area contributed by atoms with Crippen molar-refractivity contribution in [3.05, 3.63) is 59.2 Å². The van der Waals surface area contributed by atoms with Crippen molar-refractivity contribution in [3.8, 4) is 0 Å². The predicted molar refractivity (Wildman–Crippen MR) is 139 cm³/mol. The highest BCUT2D eigenvalue weighted by molar-refractivity contribution is 7.81. The van der Waals surface area contributed by atoms with Crippen LogP contribution in [0.2, 0.25) is 0 Å². The molecule has 190 valence electrons. The Morgan fingerprint density at radius 1 is 1.29 bits per heavy atom. The molecule has 9 heteroatoms. The van der Waals surface area contributed by atoms with Crippen molar-refractivity contribution in [3.63, 3.8) is 0 Å². The van der Waals surface area contributed by atoms with Crippen molar-refractivity contribution in [2.75, 3.05) is 19.7 Å². The van der Waals surface area contributed by atoms with Crippen LogP contribution in [-0.4, -0.2) is 51.4 Å². The van der Waals surface area contributed by atoms with E-state index in [0.717, 1.165) is 30.4 Å². The first-order chi connectivity index (χ1) is 16.5. The number of carbonyl (C=O) groups excluding carboxylic acids is 2. The van der Waals surface area contributed by atoms with Crippen LogP contribution in [0.4, 0.5) is 4.39 Å². The molecule has 6 nitrogen and oxygen atoms in total. The first-order valence-electron chi connectivity index (χ1n) is 12.0. The number of likely N-dealkylation sites (tertiary alicyclic amines) is 1. The normalized spacial score (nSPS) is 20.3. The van der Waals surface area contributed by atoms with Crippen molar-refractivity contribution in [2.45, 2.75) is 56.9 Å². The van der Waals surface area contributed by atoms with Crippen LogP contribution in [0.3, 0.4) is 0 Å². The number of esters is 1. The fourth-order valence-electron chi connectivity index (χ4n) is 4.48. The van der Waals surface area contributed by atoms with Gasteiger partial charge in [0, 0.05) is 54.5 Å². The molecule has 35 heavy (non-hydrogen) atoms. The summed E-state index contributed by atoms with van der Waals surface area (Å²) in [5, 5.41) is 4.47. The van der Waals surface area contributed by atoms with E-state index in [1.54, 1.807) is 31.3 Å². The molecule has 0 bridgehead atoms. The van der Waals surface area contributed by atoms with Crippen LogP contribution >= 0.6 is 25.0 Å². The number of nitrogens with zero attached hydrogens (tertiary/aromatic N) is 3. The molecule has 2 aliphatic rings. The molecule has 1 aliphatic carbocycles. The Hall–Kier alpha value is -2.16. The SMILES string of the molecule is CCOC(=O)CCCn1cc(/C=C2/CN(C(C(=O)C3CC3)c3ccccc3F)CCC2S)cn1.Cl. The molecular formula is C26H33ClFN3O3S. The predicted octanol–water partition coefficient (Wildman–Crippen LogP) is 4.90. The molecular weight excluding hydrogens is 489 g/mol. The van der Waals surface area contributed by atoms with Crippen LogP contribution < -0.4 is 0 Å². The monoisotopic (exact) mass is 521 g/mol. The van der Waals surface area contributed by atoms with E-state index < -0.39 is 6.04 Å². The first kappa shape index (κ1) is 27.4. The molecule has 2 aromatic rings. The van der Waals surface area contributed by atoms with Gasteiger partial charge in [0.15, 0.2) is 5.78 Å². The minimum atomic E-state index is -0.566. The highest BCUT2D eigenvalue weighted by atomic mass is 35.5. The Morgan fingerprint density at radius 3 is 2.77 bits per heavy atom. The fraction of sp³-hybridized carbons (Fsp3) is 0.500. The van der Waals surface area contributed by atoms with Gasteiger partial charge in [0.25, 0.3) is 0 Å². The number of piperidine rings is 1. The number of ketones is 1. The zero-order valence-corrected chi connectivity index (χ0v) is 21.6. The van der Waals surface area contributed by atoms with Gasteiger partial charge in [-0.25, -0.2) is 4.39 Å². The number of hydrogen-bond donors (Lipinski definition) is 1.